The molecule has 5 nitrogen and oxygen atoms in total. The SMILES string of the molecule is CC(C)C[C@H](CN)CC(=O)N1CC(C(=O)O)C1. The predicted octanol–water partition coefficient (Wildman–Crippen LogP) is 0.541. The Bertz CT molecular complexity index is 285. The summed E-state index contributed by atoms with van der Waals surface area (Å²) < 4.78 is 0. The highest BCUT2D eigenvalue weighted by atomic mass is 16.4. The number of hydrogen-bond acceptors (Lipinski definition) is 3. The maximum Gasteiger partial charge on any atom is 0.310 e. The molecular formula is C12H22N2O3. The standard InChI is InChI=1S/C12H22N2O3/c1-8(2)3-9(5-13)4-11(15)14-6-10(7-14)12(16)17/h8-10H,3-7,13H2,1-2H3,(H,16,17)/t9-/m0/s1. The quantitative estimate of drug-likeness (QED) is 0.712. The molecule has 0 spiro atoms. The van der Waals surface area contributed by atoms with Crippen molar-refractivity contribution in [3.63, 3.8) is 0 Å². The Labute approximate surface area is 102 Å². The van der Waals surface area contributed by atoms with E-state index in [1.165, 1.54) is 0 Å². The summed E-state index contributed by atoms with van der Waals surface area (Å²) in [6, 6.07) is 0. The van der Waals surface area contributed by atoms with Crippen molar-refractivity contribution in [3.05, 3.63) is 0 Å². The molecule has 1 saturated heterocycles. The first-order valence-corrected chi connectivity index (χ1v) is 6.14. The molecule has 3 N–H and O–H groups in total. The van der Waals surface area contributed by atoms with Gasteiger partial charge >= 0.3 is 5.97 Å². The Morgan fingerprint density at radius 2 is 2.00 bits per heavy atom. The van der Waals surface area contributed by atoms with E-state index >= 15 is 0 Å². The van der Waals surface area contributed by atoms with Crippen LogP contribution in [0.3, 0.4) is 0 Å². The summed E-state index contributed by atoms with van der Waals surface area (Å²) in [5.74, 6) is -0.406. The second kappa shape index (κ2) is 6.00. The molecule has 0 aromatic heterocycles. The summed E-state index contributed by atoms with van der Waals surface area (Å²) in [6.45, 7) is 5.44. The summed E-state index contributed by atoms with van der Waals surface area (Å²) in [4.78, 5) is 24.1. The van der Waals surface area contributed by atoms with E-state index in [9.17, 15) is 9.59 Å². The third kappa shape index (κ3) is 4.00. The first-order valence-electron chi connectivity index (χ1n) is 6.14. The van der Waals surface area contributed by atoms with Crippen molar-refractivity contribution in [1.29, 1.82) is 0 Å². The number of nitrogens with two attached hydrogens (primary N) is 1. The van der Waals surface area contributed by atoms with Gasteiger partial charge in [-0.25, -0.2) is 0 Å². The van der Waals surface area contributed by atoms with Crippen molar-refractivity contribution in [2.45, 2.75) is 26.7 Å². The zero-order valence-corrected chi connectivity index (χ0v) is 10.6. The molecule has 1 fully saturated rings. The number of carbonyl (C=O) groups is 2. The first-order chi connectivity index (χ1) is 7.93. The van der Waals surface area contributed by atoms with Crippen LogP contribution in [-0.2, 0) is 9.59 Å². The van der Waals surface area contributed by atoms with E-state index in [4.69, 9.17) is 10.8 Å². The minimum absolute atomic E-state index is 0.0404. The van der Waals surface area contributed by atoms with Gasteiger partial charge in [0.15, 0.2) is 0 Å². The van der Waals surface area contributed by atoms with Gasteiger partial charge in [-0.05, 0) is 24.8 Å². The molecule has 0 bridgehead atoms. The van der Waals surface area contributed by atoms with Crippen LogP contribution in [0.5, 0.6) is 0 Å². The van der Waals surface area contributed by atoms with E-state index < -0.39 is 5.97 Å². The normalized spacial score (nSPS) is 18.0. The molecule has 1 aliphatic heterocycles. The first kappa shape index (κ1) is 14.0. The molecule has 98 valence electrons. The maximum atomic E-state index is 11.8. The Hall–Kier alpha value is -1.10. The average molecular weight is 242 g/mol. The lowest BCUT2D eigenvalue weighted by molar-refractivity contribution is -0.153. The van der Waals surface area contributed by atoms with Gasteiger partial charge in [0.25, 0.3) is 0 Å². The van der Waals surface area contributed by atoms with E-state index in [0.717, 1.165) is 6.42 Å². The van der Waals surface area contributed by atoms with Crippen molar-refractivity contribution in [2.75, 3.05) is 19.6 Å². The minimum atomic E-state index is -0.813. The topological polar surface area (TPSA) is 83.6 Å². The summed E-state index contributed by atoms with van der Waals surface area (Å²) in [5.41, 5.74) is 5.64. The molecule has 17 heavy (non-hydrogen) atoms. The second-order valence-corrected chi connectivity index (χ2v) is 5.27. The third-order valence-electron chi connectivity index (χ3n) is 3.18. The van der Waals surface area contributed by atoms with Crippen molar-refractivity contribution in [2.24, 2.45) is 23.5 Å². The Morgan fingerprint density at radius 3 is 2.41 bits per heavy atom. The molecule has 0 aromatic rings. The van der Waals surface area contributed by atoms with E-state index in [2.05, 4.69) is 13.8 Å². The highest BCUT2D eigenvalue weighted by molar-refractivity contribution is 5.81. The number of amides is 1. The van der Waals surface area contributed by atoms with E-state index in [1.54, 1.807) is 4.90 Å². The average Bonchev–Trinajstić information content (AvgIpc) is 2.12. The van der Waals surface area contributed by atoms with Crippen LogP contribution < -0.4 is 5.73 Å². The summed E-state index contributed by atoms with van der Waals surface area (Å²) >= 11 is 0. The van der Waals surface area contributed by atoms with Gasteiger partial charge in [0, 0.05) is 19.5 Å². The molecule has 0 radical (unpaired) electrons. The monoisotopic (exact) mass is 242 g/mol. The molecule has 1 amide bonds. The van der Waals surface area contributed by atoms with Crippen LogP contribution in [0.1, 0.15) is 26.7 Å². The fourth-order valence-corrected chi connectivity index (χ4v) is 2.14. The van der Waals surface area contributed by atoms with Gasteiger partial charge in [-0.3, -0.25) is 9.59 Å². The molecule has 0 aromatic carbocycles. The number of aliphatic carboxylic acids is 1. The molecule has 1 heterocycles. The van der Waals surface area contributed by atoms with Crippen LogP contribution >= 0.6 is 0 Å². The van der Waals surface area contributed by atoms with Crippen LogP contribution in [0.15, 0.2) is 0 Å². The lowest BCUT2D eigenvalue weighted by Gasteiger charge is -2.37. The van der Waals surface area contributed by atoms with Crippen molar-refractivity contribution in [3.8, 4) is 0 Å². The number of rotatable bonds is 6. The van der Waals surface area contributed by atoms with E-state index in [0.29, 0.717) is 32.0 Å². The van der Waals surface area contributed by atoms with Gasteiger partial charge in [0.05, 0.1) is 5.92 Å². The Morgan fingerprint density at radius 1 is 1.41 bits per heavy atom. The molecule has 0 saturated carbocycles. The number of carboxylic acid groups (broad SMARTS) is 1. The van der Waals surface area contributed by atoms with Crippen LogP contribution in [0, 0.1) is 17.8 Å². The zero-order chi connectivity index (χ0) is 13.0. The predicted molar refractivity (Wildman–Crippen MR) is 64.3 cm³/mol. The molecule has 1 aliphatic rings. The molecular weight excluding hydrogens is 220 g/mol. The number of carbonyl (C=O) groups excluding carboxylic acids is 1. The summed E-state index contributed by atoms with van der Waals surface area (Å²) in [7, 11) is 0. The van der Waals surface area contributed by atoms with Gasteiger partial charge in [0.1, 0.15) is 0 Å². The van der Waals surface area contributed by atoms with Crippen molar-refractivity contribution >= 4 is 11.9 Å². The number of nitrogens with zero attached hydrogens (tertiary/aromatic N) is 1. The smallest absolute Gasteiger partial charge is 0.310 e. The number of hydrogen-bond donors (Lipinski definition) is 2. The minimum Gasteiger partial charge on any atom is -0.481 e. The van der Waals surface area contributed by atoms with Crippen LogP contribution in [0.4, 0.5) is 0 Å². The zero-order valence-electron chi connectivity index (χ0n) is 10.6. The largest absolute Gasteiger partial charge is 0.481 e. The molecule has 1 rings (SSSR count). The maximum absolute atomic E-state index is 11.8. The lowest BCUT2D eigenvalue weighted by Crippen LogP contribution is -2.53. The molecule has 5 heteroatoms. The van der Waals surface area contributed by atoms with Gasteiger partial charge < -0.3 is 15.7 Å². The van der Waals surface area contributed by atoms with Crippen LogP contribution in [0.2, 0.25) is 0 Å². The van der Waals surface area contributed by atoms with Crippen molar-refractivity contribution < 1.29 is 14.7 Å². The molecule has 1 atom stereocenters. The molecule has 0 unspecified atom stereocenters. The van der Waals surface area contributed by atoms with E-state index in [1.807, 2.05) is 0 Å². The number of likely N-dealkylation sites (tertiary alicyclic amines) is 1. The highest BCUT2D eigenvalue weighted by Gasteiger charge is 2.35. The lowest BCUT2D eigenvalue weighted by atomic mass is 9.92. The second-order valence-electron chi connectivity index (χ2n) is 5.27. The molecule has 0 aliphatic carbocycles. The Balaban J connectivity index is 2.32. The fraction of sp³-hybridized carbons (Fsp3) is 0.833. The van der Waals surface area contributed by atoms with Gasteiger partial charge in [0.2, 0.25) is 5.91 Å². The van der Waals surface area contributed by atoms with Gasteiger partial charge in [-0.15, -0.1) is 0 Å². The number of carboxylic acids is 1. The summed E-state index contributed by atoms with van der Waals surface area (Å²) in [5, 5.41) is 8.72. The van der Waals surface area contributed by atoms with Crippen LogP contribution in [-0.4, -0.2) is 41.5 Å². The highest BCUT2D eigenvalue weighted by Crippen LogP contribution is 2.20. The third-order valence-corrected chi connectivity index (χ3v) is 3.18. The van der Waals surface area contributed by atoms with E-state index in [-0.39, 0.29) is 17.7 Å². The van der Waals surface area contributed by atoms with Gasteiger partial charge in [-0.2, -0.15) is 0 Å². The van der Waals surface area contributed by atoms with Gasteiger partial charge in [-0.1, -0.05) is 13.8 Å². The summed E-state index contributed by atoms with van der Waals surface area (Å²) in [6.07, 6.45) is 1.39. The fourth-order valence-electron chi connectivity index (χ4n) is 2.14. The Kier molecular flexibility index (Phi) is 4.93. The van der Waals surface area contributed by atoms with Crippen LogP contribution in [0.25, 0.3) is 0 Å². The van der Waals surface area contributed by atoms with Crippen molar-refractivity contribution in [1.82, 2.24) is 4.90 Å².